The highest BCUT2D eigenvalue weighted by molar-refractivity contribution is 9.10. The first-order valence-electron chi connectivity index (χ1n) is 8.50. The molecule has 0 aliphatic heterocycles. The van der Waals surface area contributed by atoms with Crippen molar-refractivity contribution in [3.8, 4) is 5.75 Å². The second-order valence-corrected chi connectivity index (χ2v) is 6.87. The van der Waals surface area contributed by atoms with Crippen LogP contribution in [0.5, 0.6) is 5.75 Å². The molecule has 0 radical (unpaired) electrons. The van der Waals surface area contributed by atoms with E-state index in [-0.39, 0.29) is 5.91 Å². The summed E-state index contributed by atoms with van der Waals surface area (Å²) < 4.78 is 6.34. The minimum atomic E-state index is -0.455. The Hall–Kier alpha value is -3.25. The van der Waals surface area contributed by atoms with Crippen molar-refractivity contribution in [2.24, 2.45) is 5.10 Å². The topological polar surface area (TPSA) is 67.8 Å². The summed E-state index contributed by atoms with van der Waals surface area (Å²) in [4.78, 5) is 24.6. The number of aryl methyl sites for hydroxylation is 1. The van der Waals surface area contributed by atoms with Crippen molar-refractivity contribution in [1.29, 1.82) is 0 Å². The molecular weight excluding hydrogens is 420 g/mol. The van der Waals surface area contributed by atoms with Gasteiger partial charge in [0.2, 0.25) is 0 Å². The number of carbonyl (C=O) groups excluding carboxylic acids is 2. The number of amides is 1. The molecule has 0 heterocycles. The number of hydrogen-bond acceptors (Lipinski definition) is 4. The quantitative estimate of drug-likeness (QED) is 0.271. The first-order valence-corrected chi connectivity index (χ1v) is 9.30. The number of hydrazone groups is 1. The number of benzene rings is 3. The highest BCUT2D eigenvalue weighted by Crippen LogP contribution is 2.23. The maximum absolute atomic E-state index is 12.5. The smallest absolute Gasteiger partial charge is 0.343 e. The third-order valence-electron chi connectivity index (χ3n) is 3.95. The predicted molar refractivity (Wildman–Crippen MR) is 112 cm³/mol. The van der Waals surface area contributed by atoms with Crippen LogP contribution in [0.3, 0.4) is 0 Å². The molecule has 0 saturated carbocycles. The minimum absolute atomic E-state index is 0.328. The number of ether oxygens (including phenoxy) is 1. The molecular formula is C22H17BrN2O3. The molecule has 0 bridgehead atoms. The summed E-state index contributed by atoms with van der Waals surface area (Å²) in [7, 11) is 0. The molecule has 1 N–H and O–H groups in total. The fraction of sp³-hybridized carbons (Fsp3) is 0.0455. The molecule has 0 atom stereocenters. The van der Waals surface area contributed by atoms with Gasteiger partial charge in [0, 0.05) is 15.6 Å². The van der Waals surface area contributed by atoms with E-state index >= 15 is 0 Å². The normalized spacial score (nSPS) is 10.6. The van der Waals surface area contributed by atoms with Gasteiger partial charge in [-0.2, -0.15) is 5.10 Å². The molecule has 3 aromatic rings. The molecule has 3 rings (SSSR count). The Morgan fingerprint density at radius 2 is 1.71 bits per heavy atom. The van der Waals surface area contributed by atoms with Crippen molar-refractivity contribution in [3.05, 3.63) is 99.5 Å². The van der Waals surface area contributed by atoms with Crippen LogP contribution in [0.25, 0.3) is 0 Å². The maximum Gasteiger partial charge on any atom is 0.343 e. The lowest BCUT2D eigenvalue weighted by Gasteiger charge is -2.09. The number of hydrogen-bond donors (Lipinski definition) is 1. The van der Waals surface area contributed by atoms with Gasteiger partial charge >= 0.3 is 5.97 Å². The van der Waals surface area contributed by atoms with Crippen LogP contribution in [0.1, 0.15) is 31.8 Å². The molecule has 3 aromatic carbocycles. The molecule has 5 nitrogen and oxygen atoms in total. The van der Waals surface area contributed by atoms with Crippen LogP contribution in [0, 0.1) is 6.92 Å². The molecule has 0 aliphatic rings. The molecule has 6 heteroatoms. The zero-order valence-electron chi connectivity index (χ0n) is 15.1. The predicted octanol–water partition coefficient (Wildman–Crippen LogP) is 4.74. The van der Waals surface area contributed by atoms with Gasteiger partial charge in [-0.05, 0) is 48.9 Å². The summed E-state index contributed by atoms with van der Waals surface area (Å²) in [6.45, 7) is 1.85. The number of rotatable bonds is 5. The molecule has 0 fully saturated rings. The molecule has 0 saturated heterocycles. The van der Waals surface area contributed by atoms with Crippen LogP contribution in [0.15, 0.2) is 82.4 Å². The third-order valence-corrected chi connectivity index (χ3v) is 4.44. The lowest BCUT2D eigenvalue weighted by Crippen LogP contribution is -2.17. The number of halogens is 1. The summed E-state index contributed by atoms with van der Waals surface area (Å²) in [6, 6.07) is 21.1. The molecule has 0 aliphatic carbocycles. The highest BCUT2D eigenvalue weighted by atomic mass is 79.9. The second kappa shape index (κ2) is 9.10. The Balaban J connectivity index is 1.76. The summed E-state index contributed by atoms with van der Waals surface area (Å²) in [5, 5.41) is 3.98. The second-order valence-electron chi connectivity index (χ2n) is 5.95. The van der Waals surface area contributed by atoms with E-state index in [0.29, 0.717) is 22.4 Å². The fourth-order valence-electron chi connectivity index (χ4n) is 2.48. The Labute approximate surface area is 171 Å². The standard InChI is InChI=1S/C22H17BrN2O3/c1-15-7-5-6-10-19(15)22(27)28-20-12-11-18(23)13-17(20)14-24-25-21(26)16-8-3-2-4-9-16/h2-14H,1H3,(H,25,26)/b24-14+. The van der Waals surface area contributed by atoms with Gasteiger partial charge < -0.3 is 4.74 Å². The summed E-state index contributed by atoms with van der Waals surface area (Å²) in [5.74, 6) is -0.442. The largest absolute Gasteiger partial charge is 0.422 e. The fourth-order valence-corrected chi connectivity index (χ4v) is 2.86. The van der Waals surface area contributed by atoms with Crippen LogP contribution in [0.2, 0.25) is 0 Å². The van der Waals surface area contributed by atoms with Gasteiger partial charge in [0.25, 0.3) is 5.91 Å². The zero-order chi connectivity index (χ0) is 19.9. The Morgan fingerprint density at radius 3 is 2.46 bits per heavy atom. The van der Waals surface area contributed by atoms with E-state index in [1.165, 1.54) is 6.21 Å². The minimum Gasteiger partial charge on any atom is -0.422 e. The van der Waals surface area contributed by atoms with Gasteiger partial charge in [-0.1, -0.05) is 52.3 Å². The van der Waals surface area contributed by atoms with E-state index in [0.717, 1.165) is 10.0 Å². The summed E-state index contributed by atoms with van der Waals surface area (Å²) in [5.41, 5.74) is 4.83. The van der Waals surface area contributed by atoms with E-state index in [1.54, 1.807) is 54.6 Å². The highest BCUT2D eigenvalue weighted by Gasteiger charge is 2.13. The number of nitrogens with zero attached hydrogens (tertiary/aromatic N) is 1. The van der Waals surface area contributed by atoms with Gasteiger partial charge in [-0.25, -0.2) is 10.2 Å². The van der Waals surface area contributed by atoms with Crippen molar-refractivity contribution in [2.45, 2.75) is 6.92 Å². The lowest BCUT2D eigenvalue weighted by molar-refractivity contribution is 0.0733. The SMILES string of the molecule is Cc1ccccc1C(=O)Oc1ccc(Br)cc1/C=N/NC(=O)c1ccccc1. The number of carbonyl (C=O) groups is 2. The van der Waals surface area contributed by atoms with Crippen LogP contribution in [0.4, 0.5) is 0 Å². The van der Waals surface area contributed by atoms with Crippen LogP contribution in [-0.4, -0.2) is 18.1 Å². The Kier molecular flexibility index (Phi) is 6.34. The van der Waals surface area contributed by atoms with Crippen LogP contribution < -0.4 is 10.2 Å². The van der Waals surface area contributed by atoms with Crippen LogP contribution >= 0.6 is 15.9 Å². The van der Waals surface area contributed by atoms with Crippen molar-refractivity contribution >= 4 is 34.0 Å². The average Bonchev–Trinajstić information content (AvgIpc) is 2.70. The molecule has 0 unspecified atom stereocenters. The van der Waals surface area contributed by atoms with Crippen molar-refractivity contribution in [2.75, 3.05) is 0 Å². The van der Waals surface area contributed by atoms with E-state index in [2.05, 4.69) is 26.5 Å². The lowest BCUT2D eigenvalue weighted by atomic mass is 10.1. The van der Waals surface area contributed by atoms with Gasteiger partial charge in [-0.15, -0.1) is 0 Å². The summed E-state index contributed by atoms with van der Waals surface area (Å²) in [6.07, 6.45) is 1.44. The van der Waals surface area contributed by atoms with E-state index in [9.17, 15) is 9.59 Å². The first-order chi connectivity index (χ1) is 13.5. The number of nitrogens with one attached hydrogen (secondary N) is 1. The molecule has 140 valence electrons. The summed E-state index contributed by atoms with van der Waals surface area (Å²) >= 11 is 3.39. The van der Waals surface area contributed by atoms with Crippen molar-refractivity contribution < 1.29 is 14.3 Å². The van der Waals surface area contributed by atoms with E-state index in [1.807, 2.05) is 25.1 Å². The molecule has 28 heavy (non-hydrogen) atoms. The van der Waals surface area contributed by atoms with Crippen molar-refractivity contribution in [1.82, 2.24) is 5.43 Å². The maximum atomic E-state index is 12.5. The average molecular weight is 437 g/mol. The zero-order valence-corrected chi connectivity index (χ0v) is 16.6. The molecule has 0 aromatic heterocycles. The first kappa shape index (κ1) is 19.5. The van der Waals surface area contributed by atoms with Crippen molar-refractivity contribution in [3.63, 3.8) is 0 Å². The van der Waals surface area contributed by atoms with E-state index < -0.39 is 5.97 Å². The molecule has 1 amide bonds. The molecule has 0 spiro atoms. The van der Waals surface area contributed by atoms with Gasteiger partial charge in [0.1, 0.15) is 5.75 Å². The number of esters is 1. The van der Waals surface area contributed by atoms with Gasteiger partial charge in [-0.3, -0.25) is 4.79 Å². The third kappa shape index (κ3) is 4.92. The Bertz CT molecular complexity index is 1030. The van der Waals surface area contributed by atoms with E-state index in [4.69, 9.17) is 4.74 Å². The van der Waals surface area contributed by atoms with Gasteiger partial charge in [0.15, 0.2) is 0 Å². The van der Waals surface area contributed by atoms with Crippen LogP contribution in [-0.2, 0) is 0 Å². The van der Waals surface area contributed by atoms with Gasteiger partial charge in [0.05, 0.1) is 11.8 Å². The Morgan fingerprint density at radius 1 is 1.00 bits per heavy atom. The monoisotopic (exact) mass is 436 g/mol.